The van der Waals surface area contributed by atoms with Crippen molar-refractivity contribution >= 4 is 0 Å². The fourth-order valence-corrected chi connectivity index (χ4v) is 3.23. The molecule has 1 N–H and O–H groups in total. The number of hydrogen-bond acceptors (Lipinski definition) is 2. The van der Waals surface area contributed by atoms with Crippen molar-refractivity contribution in [3.63, 3.8) is 0 Å². The van der Waals surface area contributed by atoms with Gasteiger partial charge in [0.25, 0.3) is 0 Å². The average Bonchev–Trinajstić information content (AvgIpc) is 2.51. The highest BCUT2D eigenvalue weighted by Crippen LogP contribution is 2.26. The van der Waals surface area contributed by atoms with E-state index in [1.54, 1.807) is 0 Å². The summed E-state index contributed by atoms with van der Waals surface area (Å²) in [5.74, 6) is -0.685. The lowest BCUT2D eigenvalue weighted by atomic mass is 9.88. The molecule has 1 heterocycles. The summed E-state index contributed by atoms with van der Waals surface area (Å²) in [6.45, 7) is 8.79. The van der Waals surface area contributed by atoms with Crippen molar-refractivity contribution < 1.29 is 8.78 Å². The first kappa shape index (κ1) is 16.4. The Morgan fingerprint density at radius 1 is 1.24 bits per heavy atom. The molecule has 0 bridgehead atoms. The second-order valence-corrected chi connectivity index (χ2v) is 6.07. The van der Waals surface area contributed by atoms with E-state index in [4.69, 9.17) is 0 Å². The average molecular weight is 296 g/mol. The van der Waals surface area contributed by atoms with Gasteiger partial charge in [-0.1, -0.05) is 20.8 Å². The summed E-state index contributed by atoms with van der Waals surface area (Å²) < 4.78 is 27.3. The fraction of sp³-hybridized carbons (Fsp3) is 0.647. The Labute approximate surface area is 126 Å². The maximum atomic E-state index is 13.9. The normalized spacial score (nSPS) is 22.4. The molecule has 21 heavy (non-hydrogen) atoms. The summed E-state index contributed by atoms with van der Waals surface area (Å²) in [7, 11) is 0. The maximum Gasteiger partial charge on any atom is 0.127 e. The molecule has 0 aliphatic carbocycles. The SMILES string of the molecule is CCC1CNC(CC)(CC)CN1Cc1cc(F)ccc1F. The van der Waals surface area contributed by atoms with Crippen molar-refractivity contribution in [3.8, 4) is 0 Å². The Balaban J connectivity index is 2.19. The lowest BCUT2D eigenvalue weighted by Gasteiger charge is -2.47. The predicted molar refractivity (Wildman–Crippen MR) is 82.2 cm³/mol. The Bertz CT molecular complexity index is 472. The summed E-state index contributed by atoms with van der Waals surface area (Å²) >= 11 is 0. The molecule has 1 aliphatic rings. The molecular formula is C17H26F2N2. The second kappa shape index (κ2) is 6.84. The Hall–Kier alpha value is -1.00. The number of piperazine rings is 1. The van der Waals surface area contributed by atoms with Crippen molar-refractivity contribution in [1.29, 1.82) is 0 Å². The third-order valence-corrected chi connectivity index (χ3v) is 4.94. The highest BCUT2D eigenvalue weighted by atomic mass is 19.1. The van der Waals surface area contributed by atoms with Crippen molar-refractivity contribution in [2.45, 2.75) is 58.2 Å². The van der Waals surface area contributed by atoms with E-state index >= 15 is 0 Å². The van der Waals surface area contributed by atoms with E-state index in [1.807, 2.05) is 0 Å². The molecule has 0 aromatic heterocycles. The Morgan fingerprint density at radius 2 is 1.95 bits per heavy atom. The van der Waals surface area contributed by atoms with Crippen LogP contribution >= 0.6 is 0 Å². The van der Waals surface area contributed by atoms with Gasteiger partial charge in [0.1, 0.15) is 11.6 Å². The second-order valence-electron chi connectivity index (χ2n) is 6.07. The van der Waals surface area contributed by atoms with Crippen LogP contribution in [0.3, 0.4) is 0 Å². The van der Waals surface area contributed by atoms with Crippen LogP contribution in [0.1, 0.15) is 45.6 Å². The maximum absolute atomic E-state index is 13.9. The number of benzene rings is 1. The van der Waals surface area contributed by atoms with E-state index < -0.39 is 0 Å². The molecule has 1 atom stereocenters. The zero-order valence-electron chi connectivity index (χ0n) is 13.3. The van der Waals surface area contributed by atoms with Gasteiger partial charge in [0, 0.05) is 36.8 Å². The zero-order valence-corrected chi connectivity index (χ0v) is 13.3. The molecule has 1 aromatic rings. The smallest absolute Gasteiger partial charge is 0.127 e. The van der Waals surface area contributed by atoms with Gasteiger partial charge in [-0.3, -0.25) is 4.90 Å². The van der Waals surface area contributed by atoms with E-state index in [0.29, 0.717) is 18.2 Å². The summed E-state index contributed by atoms with van der Waals surface area (Å²) in [6.07, 6.45) is 3.09. The van der Waals surface area contributed by atoms with Gasteiger partial charge in [-0.25, -0.2) is 8.78 Å². The number of rotatable bonds is 5. The molecule has 0 spiro atoms. The topological polar surface area (TPSA) is 15.3 Å². The molecule has 4 heteroatoms. The molecule has 2 rings (SSSR count). The quantitative estimate of drug-likeness (QED) is 0.891. The summed E-state index contributed by atoms with van der Waals surface area (Å²) in [5.41, 5.74) is 0.548. The summed E-state index contributed by atoms with van der Waals surface area (Å²) in [5, 5.41) is 3.67. The molecule has 1 aromatic carbocycles. The van der Waals surface area contributed by atoms with Gasteiger partial charge in [-0.2, -0.15) is 0 Å². The van der Waals surface area contributed by atoms with Gasteiger partial charge in [-0.15, -0.1) is 0 Å². The number of halogens is 2. The van der Waals surface area contributed by atoms with E-state index in [9.17, 15) is 8.78 Å². The number of nitrogens with zero attached hydrogens (tertiary/aromatic N) is 1. The molecule has 118 valence electrons. The molecule has 0 amide bonds. The van der Waals surface area contributed by atoms with E-state index in [2.05, 4.69) is 31.0 Å². The predicted octanol–water partition coefficient (Wildman–Crippen LogP) is 3.71. The van der Waals surface area contributed by atoms with E-state index in [0.717, 1.165) is 32.4 Å². The van der Waals surface area contributed by atoms with E-state index in [-0.39, 0.29) is 17.2 Å². The molecule has 1 saturated heterocycles. The van der Waals surface area contributed by atoms with Crippen LogP contribution in [-0.4, -0.2) is 29.6 Å². The van der Waals surface area contributed by atoms with Crippen molar-refractivity contribution in [3.05, 3.63) is 35.4 Å². The van der Waals surface area contributed by atoms with Crippen LogP contribution in [0.15, 0.2) is 18.2 Å². The molecule has 1 fully saturated rings. The van der Waals surface area contributed by atoms with Crippen LogP contribution in [0, 0.1) is 11.6 Å². The highest BCUT2D eigenvalue weighted by molar-refractivity contribution is 5.19. The van der Waals surface area contributed by atoms with Gasteiger partial charge in [-0.05, 0) is 37.5 Å². The monoisotopic (exact) mass is 296 g/mol. The third kappa shape index (κ3) is 3.61. The molecule has 1 unspecified atom stereocenters. The van der Waals surface area contributed by atoms with Gasteiger partial charge in [0.2, 0.25) is 0 Å². The lowest BCUT2D eigenvalue weighted by molar-refractivity contribution is 0.0634. The minimum atomic E-state index is -0.369. The Kier molecular flexibility index (Phi) is 5.33. The summed E-state index contributed by atoms with van der Waals surface area (Å²) in [6, 6.07) is 4.10. The molecular weight excluding hydrogens is 270 g/mol. The largest absolute Gasteiger partial charge is 0.308 e. The van der Waals surface area contributed by atoms with Crippen molar-refractivity contribution in [1.82, 2.24) is 10.2 Å². The van der Waals surface area contributed by atoms with Crippen LogP contribution in [-0.2, 0) is 6.54 Å². The van der Waals surface area contributed by atoms with Gasteiger partial charge < -0.3 is 5.32 Å². The van der Waals surface area contributed by atoms with Crippen LogP contribution < -0.4 is 5.32 Å². The van der Waals surface area contributed by atoms with Crippen LogP contribution in [0.2, 0.25) is 0 Å². The molecule has 0 radical (unpaired) electrons. The Morgan fingerprint density at radius 3 is 2.57 bits per heavy atom. The van der Waals surface area contributed by atoms with Crippen molar-refractivity contribution in [2.24, 2.45) is 0 Å². The minimum Gasteiger partial charge on any atom is -0.308 e. The van der Waals surface area contributed by atoms with Crippen LogP contribution in [0.5, 0.6) is 0 Å². The first-order valence-corrected chi connectivity index (χ1v) is 7.96. The van der Waals surface area contributed by atoms with Crippen LogP contribution in [0.4, 0.5) is 8.78 Å². The van der Waals surface area contributed by atoms with Crippen LogP contribution in [0.25, 0.3) is 0 Å². The highest BCUT2D eigenvalue weighted by Gasteiger charge is 2.36. The first-order valence-electron chi connectivity index (χ1n) is 7.96. The first-order chi connectivity index (χ1) is 10.0. The summed E-state index contributed by atoms with van der Waals surface area (Å²) in [4.78, 5) is 2.31. The van der Waals surface area contributed by atoms with Gasteiger partial charge in [0.15, 0.2) is 0 Å². The van der Waals surface area contributed by atoms with E-state index in [1.165, 1.54) is 18.2 Å². The number of nitrogens with one attached hydrogen (secondary N) is 1. The minimum absolute atomic E-state index is 0.0927. The lowest BCUT2D eigenvalue weighted by Crippen LogP contribution is -2.63. The fourth-order valence-electron chi connectivity index (χ4n) is 3.23. The van der Waals surface area contributed by atoms with Gasteiger partial charge >= 0.3 is 0 Å². The third-order valence-electron chi connectivity index (χ3n) is 4.94. The molecule has 0 saturated carbocycles. The number of hydrogen-bond donors (Lipinski definition) is 1. The molecule has 1 aliphatic heterocycles. The molecule has 2 nitrogen and oxygen atoms in total. The zero-order chi connectivity index (χ0) is 15.5. The standard InChI is InChI=1S/C17H26F2N2/c1-4-15-10-20-17(5-2,6-3)12-21(15)11-13-9-14(18)7-8-16(13)19/h7-9,15,20H,4-6,10-12H2,1-3H3. The van der Waals surface area contributed by atoms with Crippen molar-refractivity contribution in [2.75, 3.05) is 13.1 Å². The van der Waals surface area contributed by atoms with Gasteiger partial charge in [0.05, 0.1) is 0 Å².